The van der Waals surface area contributed by atoms with Crippen LogP contribution < -0.4 is 0 Å². The van der Waals surface area contributed by atoms with Crippen molar-refractivity contribution in [3.8, 4) is 0 Å². The van der Waals surface area contributed by atoms with Crippen molar-refractivity contribution >= 4 is 18.0 Å². The molecule has 0 spiro atoms. The Morgan fingerprint density at radius 1 is 1.36 bits per heavy atom. The van der Waals surface area contributed by atoms with Gasteiger partial charge in [-0.25, -0.2) is 0 Å². The Bertz CT molecular complexity index is 163. The summed E-state index contributed by atoms with van der Waals surface area (Å²) in [5.74, 6) is 0. The lowest BCUT2D eigenvalue weighted by atomic mass is 9.99. The van der Waals surface area contributed by atoms with Crippen molar-refractivity contribution in [2.75, 3.05) is 0 Å². The molecule has 0 heterocycles. The highest BCUT2D eigenvalue weighted by molar-refractivity contribution is 8.04. The van der Waals surface area contributed by atoms with Gasteiger partial charge in [0.2, 0.25) is 0 Å². The van der Waals surface area contributed by atoms with Crippen molar-refractivity contribution in [3.05, 3.63) is 23.6 Å². The van der Waals surface area contributed by atoms with Crippen LogP contribution in [0.3, 0.4) is 0 Å². The van der Waals surface area contributed by atoms with E-state index < -0.39 is 0 Å². The van der Waals surface area contributed by atoms with Crippen LogP contribution in [0.15, 0.2) is 28.6 Å². The van der Waals surface area contributed by atoms with E-state index in [0.29, 0.717) is 0 Å². The molecule has 2 heteroatoms. The lowest BCUT2D eigenvalue weighted by Gasteiger charge is -2.08. The monoisotopic (exact) mass is 169 g/mol. The molecule has 0 aliphatic rings. The largest absolute Gasteiger partial charge is 0.268 e. The van der Waals surface area contributed by atoms with E-state index in [-0.39, 0.29) is 5.41 Å². The molecule has 0 radical (unpaired) electrons. The molecule has 0 atom stereocenters. The van der Waals surface area contributed by atoms with E-state index in [1.165, 1.54) is 11.8 Å². The molecule has 0 aliphatic heterocycles. The van der Waals surface area contributed by atoms with Gasteiger partial charge in [-0.05, 0) is 16.2 Å². The first-order chi connectivity index (χ1) is 5.06. The molecule has 0 N–H and O–H groups in total. The minimum Gasteiger partial charge on any atom is -0.268 e. The Hall–Kier alpha value is -0.500. The molecule has 0 amide bonds. The second-order valence-corrected chi connectivity index (χ2v) is 4.11. The highest BCUT2D eigenvalue weighted by atomic mass is 32.2. The molecule has 0 unspecified atom stereocenters. The number of hydrogen-bond acceptors (Lipinski definition) is 2. The summed E-state index contributed by atoms with van der Waals surface area (Å²) in [7, 11) is 0. The van der Waals surface area contributed by atoms with E-state index >= 15 is 0 Å². The van der Waals surface area contributed by atoms with Crippen LogP contribution in [0.4, 0.5) is 0 Å². The van der Waals surface area contributed by atoms with Gasteiger partial charge in [0.25, 0.3) is 0 Å². The summed E-state index contributed by atoms with van der Waals surface area (Å²) in [4.78, 5) is 4.11. The average molecular weight is 169 g/mol. The number of aliphatic imine (C=N–C) groups is 1. The molecule has 0 aromatic heterocycles. The van der Waals surface area contributed by atoms with Crippen molar-refractivity contribution in [2.45, 2.75) is 20.8 Å². The zero-order valence-corrected chi connectivity index (χ0v) is 8.19. The Morgan fingerprint density at radius 3 is 2.45 bits per heavy atom. The third kappa shape index (κ3) is 9.50. The fourth-order valence-corrected chi connectivity index (χ4v) is 0.644. The summed E-state index contributed by atoms with van der Waals surface area (Å²) in [6.07, 6.45) is 3.70. The average Bonchev–Trinajstić information content (AvgIpc) is 1.85. The molecule has 0 saturated carbocycles. The first kappa shape index (κ1) is 10.5. The highest BCUT2D eigenvalue weighted by Gasteiger charge is 2.03. The van der Waals surface area contributed by atoms with E-state index in [1.807, 2.05) is 11.6 Å². The lowest BCUT2D eigenvalue weighted by molar-refractivity contribution is 0.607. The normalized spacial score (nSPS) is 13.0. The first-order valence-electron chi connectivity index (χ1n) is 3.52. The van der Waals surface area contributed by atoms with Gasteiger partial charge in [0, 0.05) is 12.4 Å². The quantitative estimate of drug-likeness (QED) is 0.589. The van der Waals surface area contributed by atoms with Gasteiger partial charge in [-0.15, -0.1) is 11.8 Å². The molecule has 0 aromatic rings. The summed E-state index contributed by atoms with van der Waals surface area (Å²) in [6.45, 7) is 9.92. The van der Waals surface area contributed by atoms with E-state index in [2.05, 4.69) is 32.3 Å². The number of thioether (sulfide) groups is 1. The van der Waals surface area contributed by atoms with Gasteiger partial charge in [0.1, 0.15) is 0 Å². The SMILES string of the molecule is C=CS/C=C\N=CC(C)(C)C. The fourth-order valence-electron chi connectivity index (χ4n) is 0.392. The maximum atomic E-state index is 4.11. The van der Waals surface area contributed by atoms with Crippen LogP contribution in [-0.4, -0.2) is 6.21 Å². The van der Waals surface area contributed by atoms with Crippen molar-refractivity contribution < 1.29 is 0 Å². The van der Waals surface area contributed by atoms with Crippen LogP contribution in [0.5, 0.6) is 0 Å². The van der Waals surface area contributed by atoms with Gasteiger partial charge < -0.3 is 0 Å². The van der Waals surface area contributed by atoms with Gasteiger partial charge in [-0.2, -0.15) is 0 Å². The van der Waals surface area contributed by atoms with E-state index in [1.54, 1.807) is 11.6 Å². The molecule has 0 aliphatic carbocycles. The van der Waals surface area contributed by atoms with Crippen LogP contribution >= 0.6 is 11.8 Å². The Balaban J connectivity index is 3.68. The molecule has 62 valence electrons. The third-order valence-corrected chi connectivity index (χ3v) is 1.25. The van der Waals surface area contributed by atoms with Gasteiger partial charge in [-0.1, -0.05) is 27.4 Å². The molecular formula is C9H15NS. The maximum Gasteiger partial charge on any atom is 0.0330 e. The van der Waals surface area contributed by atoms with Crippen LogP contribution in [0.25, 0.3) is 0 Å². The molecular weight excluding hydrogens is 154 g/mol. The summed E-state index contributed by atoms with van der Waals surface area (Å²) in [5.41, 5.74) is 0.170. The summed E-state index contributed by atoms with van der Waals surface area (Å²) in [6, 6.07) is 0. The van der Waals surface area contributed by atoms with Crippen molar-refractivity contribution in [1.82, 2.24) is 0 Å². The summed E-state index contributed by atoms with van der Waals surface area (Å²) in [5, 5.41) is 3.67. The van der Waals surface area contributed by atoms with Crippen LogP contribution in [0.1, 0.15) is 20.8 Å². The van der Waals surface area contributed by atoms with Crippen LogP contribution in [-0.2, 0) is 0 Å². The molecule has 0 rings (SSSR count). The van der Waals surface area contributed by atoms with Gasteiger partial charge in [0.15, 0.2) is 0 Å². The molecule has 0 saturated heterocycles. The van der Waals surface area contributed by atoms with Crippen molar-refractivity contribution in [3.63, 3.8) is 0 Å². The van der Waals surface area contributed by atoms with E-state index in [4.69, 9.17) is 0 Å². The number of nitrogens with zero attached hydrogens (tertiary/aromatic N) is 1. The predicted octanol–water partition coefficient (Wildman–Crippen LogP) is 3.45. The zero-order valence-electron chi connectivity index (χ0n) is 7.37. The minimum atomic E-state index is 0.170. The van der Waals surface area contributed by atoms with Gasteiger partial charge in [0.05, 0.1) is 0 Å². The topological polar surface area (TPSA) is 12.4 Å². The van der Waals surface area contributed by atoms with Gasteiger partial charge in [-0.3, -0.25) is 4.99 Å². The molecule has 1 nitrogen and oxygen atoms in total. The molecule has 0 fully saturated rings. The second kappa shape index (κ2) is 5.19. The molecule has 0 bridgehead atoms. The Morgan fingerprint density at radius 2 is 2.00 bits per heavy atom. The number of hydrogen-bond donors (Lipinski definition) is 0. The second-order valence-electron chi connectivity index (χ2n) is 3.23. The predicted molar refractivity (Wildman–Crippen MR) is 54.9 cm³/mol. The zero-order chi connectivity index (χ0) is 8.74. The standard InChI is InChI=1S/C9H15NS/c1-5-11-7-6-10-8-9(2,3)4/h5-8H,1H2,2-4H3/b7-6-,10-8?. The Kier molecular flexibility index (Phi) is 4.95. The van der Waals surface area contributed by atoms with Crippen molar-refractivity contribution in [2.24, 2.45) is 10.4 Å². The lowest BCUT2D eigenvalue weighted by Crippen LogP contribution is -2.05. The first-order valence-corrected chi connectivity index (χ1v) is 4.46. The maximum absolute atomic E-state index is 4.11. The molecule has 0 aromatic carbocycles. The van der Waals surface area contributed by atoms with Crippen LogP contribution in [0, 0.1) is 5.41 Å². The smallest absolute Gasteiger partial charge is 0.0330 e. The summed E-state index contributed by atoms with van der Waals surface area (Å²) >= 11 is 1.53. The summed E-state index contributed by atoms with van der Waals surface area (Å²) < 4.78 is 0. The van der Waals surface area contributed by atoms with Crippen LogP contribution in [0.2, 0.25) is 0 Å². The molecule has 11 heavy (non-hydrogen) atoms. The third-order valence-electron chi connectivity index (χ3n) is 0.784. The van der Waals surface area contributed by atoms with E-state index in [0.717, 1.165) is 0 Å². The fraction of sp³-hybridized carbons (Fsp3) is 0.444. The van der Waals surface area contributed by atoms with Gasteiger partial charge >= 0.3 is 0 Å². The minimum absolute atomic E-state index is 0.170. The Labute approximate surface area is 73.3 Å². The number of rotatable bonds is 3. The highest BCUT2D eigenvalue weighted by Crippen LogP contribution is 2.08. The van der Waals surface area contributed by atoms with E-state index in [9.17, 15) is 0 Å². The van der Waals surface area contributed by atoms with Crippen molar-refractivity contribution in [1.29, 1.82) is 0 Å².